The summed E-state index contributed by atoms with van der Waals surface area (Å²) in [5.74, 6) is 1.49. The minimum atomic E-state index is -0.445. The molecular weight excluding hydrogens is 328 g/mol. The highest BCUT2D eigenvalue weighted by atomic mass is 16.6. The van der Waals surface area contributed by atoms with Gasteiger partial charge in [-0.1, -0.05) is 12.2 Å². The number of piperidine rings is 1. The maximum absolute atomic E-state index is 12.3. The Bertz CT molecular complexity index is 475. The molecule has 1 aliphatic heterocycles. The first-order valence-electron chi connectivity index (χ1n) is 9.85. The van der Waals surface area contributed by atoms with Crippen LogP contribution >= 0.6 is 0 Å². The highest BCUT2D eigenvalue weighted by Crippen LogP contribution is 2.20. The van der Waals surface area contributed by atoms with Crippen LogP contribution < -0.4 is 5.32 Å². The number of nitrogens with one attached hydrogen (secondary N) is 1. The SMILES string of the molecule is C/C=C/CCNC(=NC)N1CCC(CN(CC)C(=O)OC(C)(C)C)CC1. The Morgan fingerprint density at radius 3 is 2.50 bits per heavy atom. The Balaban J connectivity index is 2.45. The molecule has 6 heteroatoms. The molecule has 1 N–H and O–H groups in total. The molecule has 0 aromatic heterocycles. The van der Waals surface area contributed by atoms with Crippen LogP contribution in [0.4, 0.5) is 4.79 Å². The normalized spacial score (nSPS) is 16.8. The summed E-state index contributed by atoms with van der Waals surface area (Å²) < 4.78 is 5.52. The number of likely N-dealkylation sites (tertiary alicyclic amines) is 1. The predicted molar refractivity (Wildman–Crippen MR) is 109 cm³/mol. The van der Waals surface area contributed by atoms with E-state index in [4.69, 9.17) is 4.74 Å². The summed E-state index contributed by atoms with van der Waals surface area (Å²) in [6, 6.07) is 0. The summed E-state index contributed by atoms with van der Waals surface area (Å²) in [6.45, 7) is 14.1. The van der Waals surface area contributed by atoms with Crippen LogP contribution in [0.25, 0.3) is 0 Å². The van der Waals surface area contributed by atoms with Crippen molar-refractivity contribution in [2.24, 2.45) is 10.9 Å². The number of amides is 1. The van der Waals surface area contributed by atoms with Crippen molar-refractivity contribution >= 4 is 12.1 Å². The first-order chi connectivity index (χ1) is 12.3. The lowest BCUT2D eigenvalue weighted by molar-refractivity contribution is 0.0214. The molecule has 0 aromatic carbocycles. The van der Waals surface area contributed by atoms with Gasteiger partial charge in [0, 0.05) is 39.8 Å². The molecule has 0 saturated carbocycles. The summed E-state index contributed by atoms with van der Waals surface area (Å²) in [6.07, 6.45) is 7.16. The minimum Gasteiger partial charge on any atom is -0.444 e. The summed E-state index contributed by atoms with van der Waals surface area (Å²) in [5.41, 5.74) is -0.445. The van der Waals surface area contributed by atoms with Crippen molar-refractivity contribution < 1.29 is 9.53 Å². The van der Waals surface area contributed by atoms with Gasteiger partial charge in [-0.05, 0) is 59.8 Å². The number of rotatable bonds is 6. The summed E-state index contributed by atoms with van der Waals surface area (Å²) in [5, 5.41) is 3.42. The highest BCUT2D eigenvalue weighted by molar-refractivity contribution is 5.79. The van der Waals surface area contributed by atoms with Crippen molar-refractivity contribution in [2.45, 2.75) is 59.5 Å². The van der Waals surface area contributed by atoms with Crippen molar-refractivity contribution in [3.05, 3.63) is 12.2 Å². The standard InChI is InChI=1S/C20H38N4O2/c1-7-9-10-13-22-18(21-6)24-14-11-17(12-15-24)16-23(8-2)19(25)26-20(3,4)5/h7,9,17H,8,10-16H2,1-6H3,(H,21,22)/b9-7+. The Kier molecular flexibility index (Phi) is 9.52. The van der Waals surface area contributed by atoms with Crippen LogP contribution in [0.2, 0.25) is 0 Å². The van der Waals surface area contributed by atoms with E-state index in [0.29, 0.717) is 12.5 Å². The van der Waals surface area contributed by atoms with Crippen molar-refractivity contribution in [3.8, 4) is 0 Å². The van der Waals surface area contributed by atoms with Crippen molar-refractivity contribution in [1.82, 2.24) is 15.1 Å². The van der Waals surface area contributed by atoms with Crippen molar-refractivity contribution in [3.63, 3.8) is 0 Å². The van der Waals surface area contributed by atoms with Gasteiger partial charge in [0.2, 0.25) is 0 Å². The Hall–Kier alpha value is -1.72. The molecular formula is C20H38N4O2. The van der Waals surface area contributed by atoms with Gasteiger partial charge in [-0.3, -0.25) is 4.99 Å². The number of hydrogen-bond donors (Lipinski definition) is 1. The minimum absolute atomic E-state index is 0.205. The molecule has 1 fully saturated rings. The fourth-order valence-corrected chi connectivity index (χ4v) is 3.06. The van der Waals surface area contributed by atoms with Gasteiger partial charge in [0.1, 0.15) is 5.60 Å². The van der Waals surface area contributed by atoms with Crippen LogP contribution in [-0.2, 0) is 4.74 Å². The average Bonchev–Trinajstić information content (AvgIpc) is 2.59. The van der Waals surface area contributed by atoms with Crippen LogP contribution in [-0.4, -0.2) is 67.2 Å². The molecule has 0 radical (unpaired) electrons. The lowest BCUT2D eigenvalue weighted by atomic mass is 9.96. The number of hydrogen-bond acceptors (Lipinski definition) is 3. The van der Waals surface area contributed by atoms with E-state index in [9.17, 15) is 4.79 Å². The first-order valence-corrected chi connectivity index (χ1v) is 9.85. The number of nitrogens with zero attached hydrogens (tertiary/aromatic N) is 3. The molecule has 1 heterocycles. The van der Waals surface area contributed by atoms with Gasteiger partial charge in [-0.2, -0.15) is 0 Å². The molecule has 0 unspecified atom stereocenters. The Morgan fingerprint density at radius 1 is 1.35 bits per heavy atom. The maximum atomic E-state index is 12.3. The maximum Gasteiger partial charge on any atom is 0.410 e. The lowest BCUT2D eigenvalue weighted by Gasteiger charge is -2.36. The molecule has 0 bridgehead atoms. The highest BCUT2D eigenvalue weighted by Gasteiger charge is 2.26. The predicted octanol–water partition coefficient (Wildman–Crippen LogP) is 3.50. The van der Waals surface area contributed by atoms with Gasteiger partial charge in [-0.15, -0.1) is 0 Å². The second-order valence-corrected chi connectivity index (χ2v) is 7.78. The number of allylic oxidation sites excluding steroid dienone is 1. The van der Waals surface area contributed by atoms with Crippen LogP contribution in [0.1, 0.15) is 53.9 Å². The molecule has 0 aromatic rings. The third-order valence-corrected chi connectivity index (χ3v) is 4.47. The van der Waals surface area contributed by atoms with Gasteiger partial charge in [0.25, 0.3) is 0 Å². The van der Waals surface area contributed by atoms with E-state index in [1.54, 1.807) is 0 Å². The number of guanidine groups is 1. The second-order valence-electron chi connectivity index (χ2n) is 7.78. The largest absolute Gasteiger partial charge is 0.444 e. The van der Waals surface area contributed by atoms with E-state index in [2.05, 4.69) is 27.4 Å². The molecule has 0 atom stereocenters. The summed E-state index contributed by atoms with van der Waals surface area (Å²) in [7, 11) is 1.84. The molecule has 0 aliphatic carbocycles. The fraction of sp³-hybridized carbons (Fsp3) is 0.800. The van der Waals surface area contributed by atoms with E-state index in [1.165, 1.54) is 0 Å². The van der Waals surface area contributed by atoms with Crippen molar-refractivity contribution in [2.75, 3.05) is 39.8 Å². The molecule has 6 nitrogen and oxygen atoms in total. The molecule has 1 aliphatic rings. The molecule has 1 saturated heterocycles. The van der Waals surface area contributed by atoms with Gasteiger partial charge < -0.3 is 19.9 Å². The topological polar surface area (TPSA) is 57.2 Å². The number of ether oxygens (including phenoxy) is 1. The van der Waals surface area contributed by atoms with Crippen LogP contribution in [0, 0.1) is 5.92 Å². The number of aliphatic imine (C=N–C) groups is 1. The first kappa shape index (κ1) is 22.3. The zero-order valence-electron chi connectivity index (χ0n) is 17.5. The zero-order valence-corrected chi connectivity index (χ0v) is 17.5. The Morgan fingerprint density at radius 2 is 2.00 bits per heavy atom. The van der Waals surface area contributed by atoms with E-state index >= 15 is 0 Å². The third-order valence-electron chi connectivity index (χ3n) is 4.47. The van der Waals surface area contributed by atoms with Crippen LogP contribution in [0.5, 0.6) is 0 Å². The molecule has 0 spiro atoms. The monoisotopic (exact) mass is 366 g/mol. The lowest BCUT2D eigenvalue weighted by Crippen LogP contribution is -2.48. The van der Waals surface area contributed by atoms with Crippen LogP contribution in [0.15, 0.2) is 17.1 Å². The van der Waals surface area contributed by atoms with Gasteiger partial charge in [0.15, 0.2) is 5.96 Å². The second kappa shape index (κ2) is 11.1. The molecule has 26 heavy (non-hydrogen) atoms. The molecule has 1 amide bonds. The van der Waals surface area contributed by atoms with E-state index in [0.717, 1.165) is 51.4 Å². The molecule has 1 rings (SSSR count). The fourth-order valence-electron chi connectivity index (χ4n) is 3.06. The van der Waals surface area contributed by atoms with Crippen LogP contribution in [0.3, 0.4) is 0 Å². The quantitative estimate of drug-likeness (QED) is 0.338. The zero-order chi connectivity index (χ0) is 19.6. The Labute approximate surface area is 159 Å². The van der Waals surface area contributed by atoms with E-state index < -0.39 is 5.60 Å². The van der Waals surface area contributed by atoms with E-state index in [-0.39, 0.29) is 6.09 Å². The third kappa shape index (κ3) is 8.11. The summed E-state index contributed by atoms with van der Waals surface area (Å²) in [4.78, 5) is 20.9. The number of carbonyl (C=O) groups excluding carboxylic acids is 1. The van der Waals surface area contributed by atoms with Crippen molar-refractivity contribution in [1.29, 1.82) is 0 Å². The summed E-state index contributed by atoms with van der Waals surface area (Å²) >= 11 is 0. The smallest absolute Gasteiger partial charge is 0.410 e. The molecule has 150 valence electrons. The van der Waals surface area contributed by atoms with Gasteiger partial charge in [0.05, 0.1) is 0 Å². The van der Waals surface area contributed by atoms with Gasteiger partial charge in [-0.25, -0.2) is 4.79 Å². The van der Waals surface area contributed by atoms with E-state index in [1.807, 2.05) is 46.6 Å². The number of carbonyl (C=O) groups is 1. The van der Waals surface area contributed by atoms with Gasteiger partial charge >= 0.3 is 6.09 Å². The average molecular weight is 367 g/mol.